The van der Waals surface area contributed by atoms with Crippen molar-refractivity contribution in [1.29, 1.82) is 0 Å². The molecule has 1 aliphatic rings. The average molecular weight is 271 g/mol. The number of para-hydroxylation sites is 1. The van der Waals surface area contributed by atoms with Crippen molar-refractivity contribution >= 4 is 16.8 Å². The lowest BCUT2D eigenvalue weighted by atomic mass is 10.1. The predicted octanol–water partition coefficient (Wildman–Crippen LogP) is 1.92. The van der Waals surface area contributed by atoms with Gasteiger partial charge in [0.1, 0.15) is 0 Å². The molecule has 0 atom stereocenters. The largest absolute Gasteiger partial charge is 0.361 e. The zero-order chi connectivity index (χ0) is 13.9. The third-order valence-electron chi connectivity index (χ3n) is 3.98. The summed E-state index contributed by atoms with van der Waals surface area (Å²) in [6, 6.07) is 8.83. The van der Waals surface area contributed by atoms with Crippen molar-refractivity contribution in [1.82, 2.24) is 15.2 Å². The molecule has 0 saturated heterocycles. The third kappa shape index (κ3) is 3.02. The van der Waals surface area contributed by atoms with Gasteiger partial charge < -0.3 is 15.2 Å². The van der Waals surface area contributed by atoms with Gasteiger partial charge in [-0.2, -0.15) is 0 Å². The lowest BCUT2D eigenvalue weighted by Crippen LogP contribution is -2.34. The van der Waals surface area contributed by atoms with Crippen LogP contribution >= 0.6 is 0 Å². The first-order chi connectivity index (χ1) is 9.74. The second-order valence-electron chi connectivity index (χ2n) is 5.60. The Morgan fingerprint density at radius 3 is 3.00 bits per heavy atom. The molecule has 0 spiro atoms. The molecule has 1 amide bonds. The Hall–Kier alpha value is -1.81. The van der Waals surface area contributed by atoms with Crippen LogP contribution < -0.4 is 5.32 Å². The van der Waals surface area contributed by atoms with E-state index in [4.69, 9.17) is 0 Å². The molecule has 4 heteroatoms. The van der Waals surface area contributed by atoms with E-state index >= 15 is 0 Å². The highest BCUT2D eigenvalue weighted by molar-refractivity contribution is 5.88. The van der Waals surface area contributed by atoms with Crippen molar-refractivity contribution in [2.45, 2.75) is 25.3 Å². The van der Waals surface area contributed by atoms with E-state index in [1.165, 1.54) is 12.8 Å². The smallest absolute Gasteiger partial charge is 0.224 e. The average Bonchev–Trinajstić information content (AvgIpc) is 3.22. The predicted molar refractivity (Wildman–Crippen MR) is 80.7 cm³/mol. The third-order valence-corrected chi connectivity index (χ3v) is 3.98. The number of nitrogens with zero attached hydrogens (tertiary/aromatic N) is 1. The molecule has 0 aliphatic heterocycles. The Morgan fingerprint density at radius 2 is 2.20 bits per heavy atom. The second-order valence-corrected chi connectivity index (χ2v) is 5.60. The first-order valence-corrected chi connectivity index (χ1v) is 7.26. The van der Waals surface area contributed by atoms with Crippen molar-refractivity contribution in [3.05, 3.63) is 36.0 Å². The van der Waals surface area contributed by atoms with Crippen LogP contribution in [0.3, 0.4) is 0 Å². The number of aromatic amines is 1. The van der Waals surface area contributed by atoms with E-state index in [1.54, 1.807) is 0 Å². The number of hydrogen-bond donors (Lipinski definition) is 2. The minimum absolute atomic E-state index is 0.0962. The van der Waals surface area contributed by atoms with Crippen LogP contribution in [0.15, 0.2) is 30.5 Å². The molecular weight excluding hydrogens is 250 g/mol. The summed E-state index contributed by atoms with van der Waals surface area (Å²) in [5, 5.41) is 4.14. The molecule has 106 valence electrons. The molecule has 3 rings (SSSR count). The first kappa shape index (κ1) is 13.2. The Kier molecular flexibility index (Phi) is 3.74. The van der Waals surface area contributed by atoms with Crippen molar-refractivity contribution in [2.75, 3.05) is 20.1 Å². The lowest BCUT2D eigenvalue weighted by Gasteiger charge is -2.15. The van der Waals surface area contributed by atoms with E-state index in [9.17, 15) is 4.79 Å². The summed E-state index contributed by atoms with van der Waals surface area (Å²) in [4.78, 5) is 17.5. The van der Waals surface area contributed by atoms with Crippen LogP contribution in [0, 0.1) is 0 Å². The van der Waals surface area contributed by atoms with E-state index in [0.717, 1.165) is 35.6 Å². The maximum Gasteiger partial charge on any atom is 0.224 e. The number of fused-ring (bicyclic) bond motifs is 1. The van der Waals surface area contributed by atoms with Crippen molar-refractivity contribution < 1.29 is 4.79 Å². The quantitative estimate of drug-likeness (QED) is 0.843. The Morgan fingerprint density at radius 1 is 1.40 bits per heavy atom. The fourth-order valence-electron chi connectivity index (χ4n) is 2.58. The standard InChI is InChI=1S/C16H21N3O/c1-19(13-6-7-13)9-8-17-16(20)10-12-11-18-15-5-3-2-4-14(12)15/h2-5,11,13,18H,6-10H2,1H3,(H,17,20). The number of amides is 1. The topological polar surface area (TPSA) is 48.1 Å². The van der Waals surface area contributed by atoms with Crippen LogP contribution in [-0.4, -0.2) is 42.0 Å². The van der Waals surface area contributed by atoms with E-state index in [-0.39, 0.29) is 5.91 Å². The van der Waals surface area contributed by atoms with Crippen molar-refractivity contribution in [3.8, 4) is 0 Å². The number of benzene rings is 1. The minimum atomic E-state index is 0.0962. The number of hydrogen-bond acceptors (Lipinski definition) is 2. The Balaban J connectivity index is 1.50. The Bertz CT molecular complexity index is 601. The number of aromatic nitrogens is 1. The van der Waals surface area contributed by atoms with Crippen molar-refractivity contribution in [2.24, 2.45) is 0 Å². The number of nitrogens with one attached hydrogen (secondary N) is 2. The van der Waals surface area contributed by atoms with Crippen molar-refractivity contribution in [3.63, 3.8) is 0 Å². The van der Waals surface area contributed by atoms with Gasteiger partial charge in [-0.3, -0.25) is 4.79 Å². The molecule has 4 nitrogen and oxygen atoms in total. The molecular formula is C16H21N3O. The molecule has 2 N–H and O–H groups in total. The molecule has 1 aromatic heterocycles. The molecule has 0 radical (unpaired) electrons. The van der Waals surface area contributed by atoms with Gasteiger partial charge in [0.25, 0.3) is 0 Å². The number of carbonyl (C=O) groups is 1. The molecule has 1 aliphatic carbocycles. The summed E-state index contributed by atoms with van der Waals surface area (Å²) in [6.07, 6.45) is 4.98. The first-order valence-electron chi connectivity index (χ1n) is 7.26. The maximum absolute atomic E-state index is 12.0. The number of likely N-dealkylation sites (N-methyl/N-ethyl adjacent to an activating group) is 1. The fraction of sp³-hybridized carbons (Fsp3) is 0.438. The molecule has 1 saturated carbocycles. The van der Waals surface area contributed by atoms with Crippen LogP contribution in [0.5, 0.6) is 0 Å². The van der Waals surface area contributed by atoms with E-state index < -0.39 is 0 Å². The number of H-pyrrole nitrogens is 1. The zero-order valence-electron chi connectivity index (χ0n) is 11.9. The second kappa shape index (κ2) is 5.67. The summed E-state index contributed by atoms with van der Waals surface area (Å²) in [5.41, 5.74) is 2.15. The van der Waals surface area contributed by atoms with Gasteiger partial charge in [-0.15, -0.1) is 0 Å². The lowest BCUT2D eigenvalue weighted by molar-refractivity contribution is -0.120. The van der Waals surface area contributed by atoms with Crippen LogP contribution in [0.2, 0.25) is 0 Å². The molecule has 20 heavy (non-hydrogen) atoms. The van der Waals surface area contributed by atoms with E-state index in [1.807, 2.05) is 24.4 Å². The molecule has 1 heterocycles. The van der Waals surface area contributed by atoms with Gasteiger partial charge in [-0.1, -0.05) is 18.2 Å². The SMILES string of the molecule is CN(CCNC(=O)Cc1c[nH]c2ccccc12)C1CC1. The van der Waals surface area contributed by atoms with Gasteiger partial charge in [0.05, 0.1) is 6.42 Å². The highest BCUT2D eigenvalue weighted by Gasteiger charge is 2.25. The summed E-state index contributed by atoms with van der Waals surface area (Å²) in [7, 11) is 2.13. The van der Waals surface area contributed by atoms with Gasteiger partial charge in [0.2, 0.25) is 5.91 Å². The van der Waals surface area contributed by atoms with Crippen LogP contribution in [0.25, 0.3) is 10.9 Å². The molecule has 0 bridgehead atoms. The highest BCUT2D eigenvalue weighted by Crippen LogP contribution is 2.24. The molecule has 2 aromatic rings. The van der Waals surface area contributed by atoms with E-state index in [0.29, 0.717) is 6.42 Å². The van der Waals surface area contributed by atoms with E-state index in [2.05, 4.69) is 28.3 Å². The maximum atomic E-state index is 12.0. The van der Waals surface area contributed by atoms with Gasteiger partial charge in [0.15, 0.2) is 0 Å². The zero-order valence-corrected chi connectivity index (χ0v) is 11.9. The number of carbonyl (C=O) groups excluding carboxylic acids is 1. The fourth-order valence-corrected chi connectivity index (χ4v) is 2.58. The summed E-state index contributed by atoms with van der Waals surface area (Å²) in [5.74, 6) is 0.0962. The van der Waals surface area contributed by atoms with Crippen LogP contribution in [0.4, 0.5) is 0 Å². The summed E-state index contributed by atoms with van der Waals surface area (Å²) in [6.45, 7) is 1.67. The van der Waals surface area contributed by atoms with Gasteiger partial charge >= 0.3 is 0 Å². The van der Waals surface area contributed by atoms with Crippen LogP contribution in [0.1, 0.15) is 18.4 Å². The normalized spacial score (nSPS) is 14.9. The monoisotopic (exact) mass is 271 g/mol. The highest BCUT2D eigenvalue weighted by atomic mass is 16.1. The van der Waals surface area contributed by atoms with Gasteiger partial charge in [0, 0.05) is 36.2 Å². The van der Waals surface area contributed by atoms with Gasteiger partial charge in [-0.05, 0) is 31.5 Å². The Labute approximate surface area is 119 Å². The van der Waals surface area contributed by atoms with Gasteiger partial charge in [-0.25, -0.2) is 0 Å². The summed E-state index contributed by atoms with van der Waals surface area (Å²) < 4.78 is 0. The minimum Gasteiger partial charge on any atom is -0.361 e. The van der Waals surface area contributed by atoms with Crippen LogP contribution in [-0.2, 0) is 11.2 Å². The summed E-state index contributed by atoms with van der Waals surface area (Å²) >= 11 is 0. The molecule has 1 aromatic carbocycles. The molecule has 0 unspecified atom stereocenters. The molecule has 1 fully saturated rings. The number of rotatable bonds is 6.